The molecule has 3 rings (SSSR count). The summed E-state index contributed by atoms with van der Waals surface area (Å²) in [4.78, 5) is 1.22. The molecule has 0 saturated carbocycles. The van der Waals surface area contributed by atoms with Gasteiger partial charge in [-0.05, 0) is 23.6 Å². The van der Waals surface area contributed by atoms with Crippen molar-refractivity contribution in [3.05, 3.63) is 58.8 Å². The molecule has 0 spiro atoms. The third-order valence-electron chi connectivity index (χ3n) is 3.22. The zero-order valence-electron chi connectivity index (χ0n) is 11.1. The van der Waals surface area contributed by atoms with Crippen LogP contribution in [0.15, 0.2) is 58.8 Å². The minimum absolute atomic E-state index is 0.254. The summed E-state index contributed by atoms with van der Waals surface area (Å²) in [5, 5.41) is 3.30. The number of anilines is 1. The highest BCUT2D eigenvalue weighted by Crippen LogP contribution is 2.27. The van der Waals surface area contributed by atoms with Gasteiger partial charge in [0.15, 0.2) is 0 Å². The first-order valence-corrected chi connectivity index (χ1v) is 8.73. The van der Waals surface area contributed by atoms with E-state index >= 15 is 0 Å². The third-order valence-corrected chi connectivity index (χ3v) is 5.56. The lowest BCUT2D eigenvalue weighted by Crippen LogP contribution is -2.23. The summed E-state index contributed by atoms with van der Waals surface area (Å²) >= 11 is 1.52. The van der Waals surface area contributed by atoms with Gasteiger partial charge >= 0.3 is 0 Å². The van der Waals surface area contributed by atoms with Crippen LogP contribution in [0.5, 0.6) is 0 Å². The number of nitrogens with two attached hydrogens (primary N) is 1. The lowest BCUT2D eigenvalue weighted by molar-refractivity contribution is 0.583. The Labute approximate surface area is 127 Å². The second kappa shape index (κ2) is 5.48. The number of nitrogen functional groups attached to an aromatic ring is 1. The van der Waals surface area contributed by atoms with Crippen LogP contribution < -0.4 is 10.5 Å². The Morgan fingerprint density at radius 1 is 1.00 bits per heavy atom. The molecule has 4 nitrogen and oxygen atoms in total. The summed E-state index contributed by atoms with van der Waals surface area (Å²) in [5.74, 6) is 0. The average Bonchev–Trinajstić information content (AvgIpc) is 2.99. The molecule has 0 unspecified atom stereocenters. The predicted molar refractivity (Wildman–Crippen MR) is 86.7 cm³/mol. The van der Waals surface area contributed by atoms with E-state index in [0.29, 0.717) is 17.6 Å². The number of fused-ring (bicyclic) bond motifs is 1. The first kappa shape index (κ1) is 14.1. The van der Waals surface area contributed by atoms with Crippen molar-refractivity contribution in [1.82, 2.24) is 4.72 Å². The summed E-state index contributed by atoms with van der Waals surface area (Å²) in [6, 6.07) is 14.2. The van der Waals surface area contributed by atoms with Crippen molar-refractivity contribution in [3.63, 3.8) is 0 Å². The topological polar surface area (TPSA) is 72.2 Å². The van der Waals surface area contributed by atoms with E-state index < -0.39 is 10.0 Å². The Balaban J connectivity index is 2.01. The molecule has 0 fully saturated rings. The Kier molecular flexibility index (Phi) is 3.67. The molecule has 21 heavy (non-hydrogen) atoms. The fourth-order valence-corrected chi connectivity index (χ4v) is 4.14. The molecule has 3 aromatic rings. The summed E-state index contributed by atoms with van der Waals surface area (Å²) in [7, 11) is -3.58. The maximum atomic E-state index is 12.5. The van der Waals surface area contributed by atoms with Gasteiger partial charge in [0.05, 0.1) is 4.90 Å². The number of rotatable bonds is 4. The largest absolute Gasteiger partial charge is 0.398 e. The van der Waals surface area contributed by atoms with Gasteiger partial charge in [-0.3, -0.25) is 0 Å². The van der Waals surface area contributed by atoms with Crippen LogP contribution in [0, 0.1) is 0 Å². The van der Waals surface area contributed by atoms with Crippen molar-refractivity contribution in [1.29, 1.82) is 0 Å². The zero-order valence-corrected chi connectivity index (χ0v) is 12.7. The SMILES string of the molecule is Nc1ccc(S(=O)(=O)NCc2cccs2)c2ccccc12. The molecular weight excluding hydrogens is 304 g/mol. The first-order valence-electron chi connectivity index (χ1n) is 6.37. The second-order valence-corrected chi connectivity index (χ2v) is 7.37. The second-order valence-electron chi connectivity index (χ2n) is 4.60. The van der Waals surface area contributed by atoms with E-state index in [-0.39, 0.29) is 4.90 Å². The molecule has 1 aromatic heterocycles. The lowest BCUT2D eigenvalue weighted by Gasteiger charge is -2.10. The summed E-state index contributed by atoms with van der Waals surface area (Å²) < 4.78 is 27.6. The van der Waals surface area contributed by atoms with Crippen LogP contribution >= 0.6 is 11.3 Å². The van der Waals surface area contributed by atoms with Gasteiger partial charge in [-0.25, -0.2) is 13.1 Å². The van der Waals surface area contributed by atoms with Crippen molar-refractivity contribution in [2.75, 3.05) is 5.73 Å². The van der Waals surface area contributed by atoms with E-state index in [1.165, 1.54) is 11.3 Å². The molecule has 0 aliphatic rings. The van der Waals surface area contributed by atoms with Crippen LogP contribution in [0.2, 0.25) is 0 Å². The molecule has 0 aliphatic heterocycles. The standard InChI is InChI=1S/C15H14N2O2S2/c16-14-7-8-15(13-6-2-1-5-12(13)14)21(18,19)17-10-11-4-3-9-20-11/h1-9,17H,10,16H2. The molecule has 0 saturated heterocycles. The maximum absolute atomic E-state index is 12.5. The minimum Gasteiger partial charge on any atom is -0.398 e. The highest BCUT2D eigenvalue weighted by atomic mass is 32.2. The number of thiophene rings is 1. The molecule has 1 heterocycles. The van der Waals surface area contributed by atoms with Crippen LogP contribution in [-0.4, -0.2) is 8.42 Å². The smallest absolute Gasteiger partial charge is 0.241 e. The zero-order chi connectivity index (χ0) is 14.9. The summed E-state index contributed by atoms with van der Waals surface area (Å²) in [6.45, 7) is 0.290. The molecular formula is C15H14N2O2S2. The van der Waals surface area contributed by atoms with Crippen molar-refractivity contribution < 1.29 is 8.42 Å². The molecule has 0 bridgehead atoms. The van der Waals surface area contributed by atoms with E-state index in [0.717, 1.165) is 10.3 Å². The normalized spacial score (nSPS) is 11.8. The summed E-state index contributed by atoms with van der Waals surface area (Å²) in [5.41, 5.74) is 6.48. The van der Waals surface area contributed by atoms with Crippen LogP contribution in [0.25, 0.3) is 10.8 Å². The molecule has 0 atom stereocenters. The van der Waals surface area contributed by atoms with Gasteiger partial charge in [-0.2, -0.15) is 0 Å². The average molecular weight is 318 g/mol. The van der Waals surface area contributed by atoms with Gasteiger partial charge in [0.2, 0.25) is 10.0 Å². The van der Waals surface area contributed by atoms with Crippen molar-refractivity contribution in [2.24, 2.45) is 0 Å². The van der Waals surface area contributed by atoms with Gasteiger partial charge in [0, 0.05) is 27.9 Å². The van der Waals surface area contributed by atoms with E-state index in [1.54, 1.807) is 24.3 Å². The summed E-state index contributed by atoms with van der Waals surface area (Å²) in [6.07, 6.45) is 0. The molecule has 2 aromatic carbocycles. The van der Waals surface area contributed by atoms with E-state index in [1.807, 2.05) is 29.6 Å². The molecule has 108 valence electrons. The fraction of sp³-hybridized carbons (Fsp3) is 0.0667. The Morgan fingerprint density at radius 2 is 1.76 bits per heavy atom. The maximum Gasteiger partial charge on any atom is 0.241 e. The van der Waals surface area contributed by atoms with Gasteiger partial charge in [-0.1, -0.05) is 30.3 Å². The van der Waals surface area contributed by atoms with Crippen LogP contribution in [0.1, 0.15) is 4.88 Å². The van der Waals surface area contributed by atoms with Gasteiger partial charge in [-0.15, -0.1) is 11.3 Å². The van der Waals surface area contributed by atoms with Gasteiger partial charge in [0.25, 0.3) is 0 Å². The number of nitrogens with one attached hydrogen (secondary N) is 1. The lowest BCUT2D eigenvalue weighted by atomic mass is 10.1. The molecule has 3 N–H and O–H groups in total. The first-order chi connectivity index (χ1) is 10.1. The van der Waals surface area contributed by atoms with Crippen molar-refractivity contribution in [3.8, 4) is 0 Å². The molecule has 0 radical (unpaired) electrons. The molecule has 0 amide bonds. The number of hydrogen-bond acceptors (Lipinski definition) is 4. The molecule has 0 aliphatic carbocycles. The Hall–Kier alpha value is -1.89. The quantitative estimate of drug-likeness (QED) is 0.726. The Bertz CT molecular complexity index is 872. The number of benzene rings is 2. The molecule has 6 heteroatoms. The van der Waals surface area contributed by atoms with Crippen LogP contribution in [-0.2, 0) is 16.6 Å². The highest BCUT2D eigenvalue weighted by Gasteiger charge is 2.17. The number of sulfonamides is 1. The van der Waals surface area contributed by atoms with E-state index in [9.17, 15) is 8.42 Å². The van der Waals surface area contributed by atoms with E-state index in [4.69, 9.17) is 5.73 Å². The minimum atomic E-state index is -3.58. The van der Waals surface area contributed by atoms with Crippen molar-refractivity contribution in [2.45, 2.75) is 11.4 Å². The predicted octanol–water partition coefficient (Wildman–Crippen LogP) is 2.96. The van der Waals surface area contributed by atoms with Crippen molar-refractivity contribution >= 4 is 37.8 Å². The monoisotopic (exact) mass is 318 g/mol. The Morgan fingerprint density at radius 3 is 2.48 bits per heavy atom. The van der Waals surface area contributed by atoms with Crippen LogP contribution in [0.3, 0.4) is 0 Å². The number of hydrogen-bond donors (Lipinski definition) is 2. The van der Waals surface area contributed by atoms with Crippen LogP contribution in [0.4, 0.5) is 5.69 Å². The third kappa shape index (κ3) is 2.78. The highest BCUT2D eigenvalue weighted by molar-refractivity contribution is 7.89. The van der Waals surface area contributed by atoms with Gasteiger partial charge < -0.3 is 5.73 Å². The van der Waals surface area contributed by atoms with E-state index in [2.05, 4.69) is 4.72 Å². The van der Waals surface area contributed by atoms with Gasteiger partial charge in [0.1, 0.15) is 0 Å². The fourth-order valence-electron chi connectivity index (χ4n) is 2.19.